The number of carbonyl (C=O) groups is 1. The van der Waals surface area contributed by atoms with Crippen LogP contribution in [0.1, 0.15) is 4.88 Å². The summed E-state index contributed by atoms with van der Waals surface area (Å²) in [4.78, 5) is 11.0. The third-order valence-corrected chi connectivity index (χ3v) is 2.35. The Balaban J connectivity index is 2.57. The van der Waals surface area contributed by atoms with Crippen LogP contribution in [0.2, 0.25) is 4.34 Å². The largest absolute Gasteiger partial charge is 0.299 e. The summed E-state index contributed by atoms with van der Waals surface area (Å²) in [5.41, 5.74) is 0. The van der Waals surface area contributed by atoms with Gasteiger partial charge in [-0.1, -0.05) is 23.8 Å². The maximum absolute atomic E-state index is 9.88. The van der Waals surface area contributed by atoms with Gasteiger partial charge in [-0.05, 0) is 24.3 Å². The molecule has 0 saturated heterocycles. The highest BCUT2D eigenvalue weighted by Crippen LogP contribution is 2.22. The number of rotatable bonds is 3. The Bertz CT molecular complexity index is 312. The molecule has 1 rings (SSSR count). The lowest BCUT2D eigenvalue weighted by Gasteiger charge is -1.78. The molecule has 3 heteroatoms. The van der Waals surface area contributed by atoms with Crippen molar-refractivity contribution in [2.75, 3.05) is 0 Å². The number of hydrogen-bond donors (Lipinski definition) is 0. The molecule has 0 radical (unpaired) electrons. The molecule has 0 aliphatic heterocycles. The maximum Gasteiger partial charge on any atom is 0.142 e. The molecule has 1 heterocycles. The lowest BCUT2D eigenvalue weighted by molar-refractivity contribution is -0.104. The summed E-state index contributed by atoms with van der Waals surface area (Å²) in [6, 6.07) is 3.77. The fourth-order valence-corrected chi connectivity index (χ4v) is 1.65. The molecule has 0 aromatic carbocycles. The van der Waals surface area contributed by atoms with Crippen LogP contribution in [0.3, 0.4) is 0 Å². The van der Waals surface area contributed by atoms with Crippen LogP contribution in [0.5, 0.6) is 0 Å². The van der Waals surface area contributed by atoms with Gasteiger partial charge in [0.05, 0.1) is 4.34 Å². The van der Waals surface area contributed by atoms with Crippen molar-refractivity contribution in [1.82, 2.24) is 0 Å². The molecule has 0 aliphatic carbocycles. The van der Waals surface area contributed by atoms with E-state index in [0.29, 0.717) is 0 Å². The highest BCUT2D eigenvalue weighted by atomic mass is 35.5. The smallest absolute Gasteiger partial charge is 0.142 e. The van der Waals surface area contributed by atoms with Crippen LogP contribution >= 0.6 is 22.9 Å². The molecule has 0 bridgehead atoms. The van der Waals surface area contributed by atoms with E-state index in [1.807, 2.05) is 18.2 Å². The van der Waals surface area contributed by atoms with Gasteiger partial charge in [0.2, 0.25) is 0 Å². The van der Waals surface area contributed by atoms with E-state index in [4.69, 9.17) is 11.6 Å². The van der Waals surface area contributed by atoms with Crippen LogP contribution in [-0.2, 0) is 4.79 Å². The fraction of sp³-hybridized carbons (Fsp3) is 0. The first kappa shape index (κ1) is 9.23. The molecule has 0 atom stereocenters. The number of aldehydes is 1. The van der Waals surface area contributed by atoms with E-state index in [-0.39, 0.29) is 0 Å². The van der Waals surface area contributed by atoms with Gasteiger partial charge in [0, 0.05) is 4.88 Å². The first-order chi connectivity index (χ1) is 5.83. The molecule has 0 unspecified atom stereocenters. The summed E-state index contributed by atoms with van der Waals surface area (Å²) in [6.07, 6.45) is 7.56. The molecule has 0 spiro atoms. The van der Waals surface area contributed by atoms with Gasteiger partial charge in [0.25, 0.3) is 0 Å². The van der Waals surface area contributed by atoms with E-state index in [0.717, 1.165) is 15.5 Å². The summed E-state index contributed by atoms with van der Waals surface area (Å²) < 4.78 is 0.772. The van der Waals surface area contributed by atoms with E-state index in [1.54, 1.807) is 12.2 Å². The van der Waals surface area contributed by atoms with Crippen LogP contribution < -0.4 is 0 Å². The van der Waals surface area contributed by atoms with Crippen LogP contribution in [0, 0.1) is 0 Å². The second-order valence-corrected chi connectivity index (χ2v) is 3.77. The quantitative estimate of drug-likeness (QED) is 0.414. The minimum absolute atomic E-state index is 0.742. The summed E-state index contributed by atoms with van der Waals surface area (Å²) in [5, 5.41) is 0. The molecule has 1 aromatic heterocycles. The van der Waals surface area contributed by atoms with Gasteiger partial charge >= 0.3 is 0 Å². The zero-order valence-corrected chi connectivity index (χ0v) is 7.81. The minimum atomic E-state index is 0.742. The molecule has 62 valence electrons. The van der Waals surface area contributed by atoms with Crippen molar-refractivity contribution in [2.24, 2.45) is 0 Å². The van der Waals surface area contributed by atoms with Gasteiger partial charge in [0.1, 0.15) is 6.29 Å². The van der Waals surface area contributed by atoms with Crippen molar-refractivity contribution in [3.63, 3.8) is 0 Å². The average molecular weight is 199 g/mol. The standard InChI is InChI=1S/C9H7ClOS/c10-9-6-5-8(12-9)4-2-1-3-7-11/h1-7H/b3-1+,4-2+. The van der Waals surface area contributed by atoms with Crippen LogP contribution in [0.25, 0.3) is 6.08 Å². The van der Waals surface area contributed by atoms with Crippen molar-refractivity contribution in [3.05, 3.63) is 39.6 Å². The lowest BCUT2D eigenvalue weighted by atomic mass is 10.4. The fourth-order valence-electron chi connectivity index (χ4n) is 0.678. The Morgan fingerprint density at radius 2 is 2.08 bits per heavy atom. The average Bonchev–Trinajstić information content (AvgIpc) is 2.45. The molecule has 0 fully saturated rings. The predicted molar refractivity (Wildman–Crippen MR) is 53.6 cm³/mol. The molecular formula is C9H7ClOS. The minimum Gasteiger partial charge on any atom is -0.299 e. The van der Waals surface area contributed by atoms with Crippen LogP contribution in [0.4, 0.5) is 0 Å². The zero-order chi connectivity index (χ0) is 8.81. The van der Waals surface area contributed by atoms with Crippen molar-refractivity contribution >= 4 is 35.3 Å². The van der Waals surface area contributed by atoms with E-state index < -0.39 is 0 Å². The number of hydrogen-bond acceptors (Lipinski definition) is 2. The lowest BCUT2D eigenvalue weighted by Crippen LogP contribution is -1.57. The summed E-state index contributed by atoms with van der Waals surface area (Å²) >= 11 is 7.21. The molecule has 12 heavy (non-hydrogen) atoms. The van der Waals surface area contributed by atoms with E-state index in [2.05, 4.69) is 0 Å². The second kappa shape index (κ2) is 4.91. The molecule has 0 saturated carbocycles. The Morgan fingerprint density at radius 3 is 2.67 bits per heavy atom. The molecule has 0 amide bonds. The number of halogens is 1. The van der Waals surface area contributed by atoms with E-state index >= 15 is 0 Å². The van der Waals surface area contributed by atoms with Gasteiger partial charge in [-0.2, -0.15) is 0 Å². The first-order valence-electron chi connectivity index (χ1n) is 3.37. The van der Waals surface area contributed by atoms with Crippen molar-refractivity contribution < 1.29 is 4.79 Å². The van der Waals surface area contributed by atoms with Crippen molar-refractivity contribution in [1.29, 1.82) is 0 Å². The molecular weight excluding hydrogens is 192 g/mol. The van der Waals surface area contributed by atoms with E-state index in [1.165, 1.54) is 17.4 Å². The summed E-state index contributed by atoms with van der Waals surface area (Å²) in [6.45, 7) is 0. The Hall–Kier alpha value is -0.860. The Kier molecular flexibility index (Phi) is 3.77. The molecule has 1 aromatic rings. The van der Waals surface area contributed by atoms with Gasteiger partial charge < -0.3 is 0 Å². The highest BCUT2D eigenvalue weighted by molar-refractivity contribution is 7.16. The summed E-state index contributed by atoms with van der Waals surface area (Å²) in [7, 11) is 0. The van der Waals surface area contributed by atoms with Crippen molar-refractivity contribution in [3.8, 4) is 0 Å². The van der Waals surface area contributed by atoms with Crippen LogP contribution in [-0.4, -0.2) is 6.29 Å². The Labute approximate surface area is 80.0 Å². The number of carbonyl (C=O) groups excluding carboxylic acids is 1. The molecule has 0 N–H and O–H groups in total. The second-order valence-electron chi connectivity index (χ2n) is 2.02. The molecule has 0 aliphatic rings. The van der Waals surface area contributed by atoms with E-state index in [9.17, 15) is 4.79 Å². The van der Waals surface area contributed by atoms with Crippen LogP contribution in [0.15, 0.2) is 30.4 Å². The predicted octanol–water partition coefficient (Wildman–Crippen LogP) is 3.17. The number of allylic oxidation sites excluding steroid dienone is 3. The molecule has 1 nitrogen and oxygen atoms in total. The Morgan fingerprint density at radius 1 is 1.25 bits per heavy atom. The van der Waals surface area contributed by atoms with Gasteiger partial charge in [-0.3, -0.25) is 4.79 Å². The monoisotopic (exact) mass is 198 g/mol. The highest BCUT2D eigenvalue weighted by Gasteiger charge is 1.90. The third kappa shape index (κ3) is 3.03. The van der Waals surface area contributed by atoms with Crippen molar-refractivity contribution in [2.45, 2.75) is 0 Å². The zero-order valence-electron chi connectivity index (χ0n) is 6.24. The van der Waals surface area contributed by atoms with Gasteiger partial charge in [-0.25, -0.2) is 0 Å². The SMILES string of the molecule is O=C/C=C/C=C/c1ccc(Cl)s1. The maximum atomic E-state index is 9.88. The summed E-state index contributed by atoms with van der Waals surface area (Å²) in [5.74, 6) is 0. The first-order valence-corrected chi connectivity index (χ1v) is 4.56. The normalized spacial score (nSPS) is 11.4. The van der Waals surface area contributed by atoms with Gasteiger partial charge in [-0.15, -0.1) is 11.3 Å². The number of thiophene rings is 1. The topological polar surface area (TPSA) is 17.1 Å². The van der Waals surface area contributed by atoms with Gasteiger partial charge in [0.15, 0.2) is 0 Å². The third-order valence-electron chi connectivity index (χ3n) is 1.16.